The second-order valence-corrected chi connectivity index (χ2v) is 5.51. The monoisotopic (exact) mass is 245 g/mol. The van der Waals surface area contributed by atoms with E-state index in [0.29, 0.717) is 5.69 Å². The van der Waals surface area contributed by atoms with E-state index in [2.05, 4.69) is 4.98 Å². The molecule has 0 amide bonds. The highest BCUT2D eigenvalue weighted by Crippen LogP contribution is 2.42. The molecule has 3 rings (SSSR count). The van der Waals surface area contributed by atoms with E-state index in [9.17, 15) is 4.79 Å². The molecule has 1 saturated heterocycles. The van der Waals surface area contributed by atoms with Gasteiger partial charge in [-0.05, 0) is 37.8 Å². The summed E-state index contributed by atoms with van der Waals surface area (Å²) < 4.78 is 5.97. The molecule has 0 N–H and O–H groups in total. The number of carbonyl (C=O) groups excluding carboxylic acids is 1. The van der Waals surface area contributed by atoms with Gasteiger partial charge in [0.25, 0.3) is 0 Å². The number of ketones is 1. The maximum atomic E-state index is 12.4. The van der Waals surface area contributed by atoms with Crippen LogP contribution in [0.1, 0.15) is 49.0 Å². The van der Waals surface area contributed by atoms with Crippen LogP contribution in [0.3, 0.4) is 0 Å². The maximum absolute atomic E-state index is 12.4. The first-order valence-electron chi connectivity index (χ1n) is 6.88. The molecule has 18 heavy (non-hydrogen) atoms. The van der Waals surface area contributed by atoms with E-state index < -0.39 is 0 Å². The Kier molecular flexibility index (Phi) is 3.16. The fourth-order valence-electron chi connectivity index (χ4n) is 3.34. The first kappa shape index (κ1) is 11.8. The van der Waals surface area contributed by atoms with Crippen molar-refractivity contribution in [2.24, 2.45) is 5.92 Å². The van der Waals surface area contributed by atoms with Crippen molar-refractivity contribution in [1.29, 1.82) is 0 Å². The van der Waals surface area contributed by atoms with Gasteiger partial charge in [-0.3, -0.25) is 9.78 Å². The number of pyridine rings is 1. The van der Waals surface area contributed by atoms with Crippen molar-refractivity contribution in [2.45, 2.75) is 44.1 Å². The number of carbonyl (C=O) groups is 1. The first-order chi connectivity index (χ1) is 8.79. The zero-order chi connectivity index (χ0) is 12.4. The van der Waals surface area contributed by atoms with Crippen LogP contribution in [0.25, 0.3) is 0 Å². The van der Waals surface area contributed by atoms with E-state index in [4.69, 9.17) is 4.74 Å². The second-order valence-electron chi connectivity index (χ2n) is 5.51. The van der Waals surface area contributed by atoms with Crippen LogP contribution in [0.5, 0.6) is 0 Å². The summed E-state index contributed by atoms with van der Waals surface area (Å²) in [5.74, 6) is 0.303. The van der Waals surface area contributed by atoms with Gasteiger partial charge in [0.05, 0.1) is 5.60 Å². The normalized spacial score (nSPS) is 26.3. The molecule has 2 fully saturated rings. The van der Waals surface area contributed by atoms with Gasteiger partial charge in [0.1, 0.15) is 5.69 Å². The molecule has 1 atom stereocenters. The third-order valence-electron chi connectivity index (χ3n) is 4.30. The molecule has 1 saturated carbocycles. The van der Waals surface area contributed by atoms with Crippen LogP contribution < -0.4 is 0 Å². The number of hydrogen-bond donors (Lipinski definition) is 0. The van der Waals surface area contributed by atoms with Crippen LogP contribution >= 0.6 is 0 Å². The van der Waals surface area contributed by atoms with Crippen LogP contribution in [0.15, 0.2) is 24.4 Å². The molecule has 2 heterocycles. The van der Waals surface area contributed by atoms with Crippen molar-refractivity contribution in [3.8, 4) is 0 Å². The average Bonchev–Trinajstić information content (AvgIpc) is 2.87. The zero-order valence-corrected chi connectivity index (χ0v) is 10.6. The van der Waals surface area contributed by atoms with Gasteiger partial charge < -0.3 is 4.74 Å². The lowest BCUT2D eigenvalue weighted by molar-refractivity contribution is -0.0866. The highest BCUT2D eigenvalue weighted by Gasteiger charge is 2.42. The van der Waals surface area contributed by atoms with Crippen molar-refractivity contribution in [3.63, 3.8) is 0 Å². The summed E-state index contributed by atoms with van der Waals surface area (Å²) >= 11 is 0. The highest BCUT2D eigenvalue weighted by atomic mass is 16.5. The predicted octanol–water partition coefficient (Wildman–Crippen LogP) is 3.00. The Morgan fingerprint density at radius 3 is 2.89 bits per heavy atom. The summed E-state index contributed by atoms with van der Waals surface area (Å²) in [6, 6.07) is 5.54. The summed E-state index contributed by atoms with van der Waals surface area (Å²) in [5, 5.41) is 0. The Balaban J connectivity index is 1.74. The summed E-state index contributed by atoms with van der Waals surface area (Å²) in [7, 11) is 0. The number of ether oxygens (including phenoxy) is 1. The van der Waals surface area contributed by atoms with Crippen molar-refractivity contribution in [2.75, 3.05) is 6.61 Å². The number of hydrogen-bond acceptors (Lipinski definition) is 3. The number of aromatic nitrogens is 1. The van der Waals surface area contributed by atoms with Crippen molar-refractivity contribution in [3.05, 3.63) is 30.1 Å². The number of nitrogens with zero attached hydrogens (tertiary/aromatic N) is 1. The molecule has 1 aliphatic carbocycles. The Hall–Kier alpha value is -1.22. The van der Waals surface area contributed by atoms with E-state index in [1.54, 1.807) is 6.20 Å². The molecule has 1 aromatic rings. The molecule has 1 spiro atoms. The molecule has 1 aromatic heterocycles. The molecular weight excluding hydrogens is 226 g/mol. The molecule has 0 radical (unpaired) electrons. The van der Waals surface area contributed by atoms with E-state index in [0.717, 1.165) is 32.3 Å². The standard InChI is InChI=1S/C15H19NO2/c17-14(13-5-1-4-9-16-13)12-6-10-18-15(11-12)7-2-3-8-15/h1,4-5,9,12H,2-3,6-8,10-11H2. The van der Waals surface area contributed by atoms with Gasteiger partial charge in [-0.2, -0.15) is 0 Å². The largest absolute Gasteiger partial charge is 0.375 e. The Bertz CT molecular complexity index is 423. The first-order valence-corrected chi connectivity index (χ1v) is 6.88. The van der Waals surface area contributed by atoms with Crippen LogP contribution in [0.2, 0.25) is 0 Å². The molecule has 96 valence electrons. The third-order valence-corrected chi connectivity index (χ3v) is 4.30. The Labute approximate surface area is 108 Å². The topological polar surface area (TPSA) is 39.2 Å². The molecule has 3 heteroatoms. The zero-order valence-electron chi connectivity index (χ0n) is 10.6. The molecule has 0 bridgehead atoms. The molecule has 3 nitrogen and oxygen atoms in total. The van der Waals surface area contributed by atoms with Gasteiger partial charge in [0, 0.05) is 18.7 Å². The summed E-state index contributed by atoms with van der Waals surface area (Å²) in [5.41, 5.74) is 0.616. The third kappa shape index (κ3) is 2.19. The van der Waals surface area contributed by atoms with Crippen LogP contribution in [-0.4, -0.2) is 23.0 Å². The van der Waals surface area contributed by atoms with Crippen LogP contribution in [-0.2, 0) is 4.74 Å². The number of rotatable bonds is 2. The quantitative estimate of drug-likeness (QED) is 0.752. The average molecular weight is 245 g/mol. The Morgan fingerprint density at radius 1 is 1.33 bits per heavy atom. The lowest BCUT2D eigenvalue weighted by Gasteiger charge is -2.37. The fourth-order valence-corrected chi connectivity index (χ4v) is 3.34. The minimum absolute atomic E-state index is 0.00730. The van der Waals surface area contributed by atoms with E-state index in [-0.39, 0.29) is 17.3 Å². The lowest BCUT2D eigenvalue weighted by atomic mass is 9.81. The van der Waals surface area contributed by atoms with Gasteiger partial charge in [-0.1, -0.05) is 18.9 Å². The van der Waals surface area contributed by atoms with E-state index in [1.807, 2.05) is 18.2 Å². The molecule has 1 unspecified atom stereocenters. The Morgan fingerprint density at radius 2 is 2.17 bits per heavy atom. The SMILES string of the molecule is O=C(c1ccccn1)C1CCOC2(CCCC2)C1. The van der Waals surface area contributed by atoms with Crippen molar-refractivity contribution < 1.29 is 9.53 Å². The lowest BCUT2D eigenvalue weighted by Crippen LogP contribution is -2.39. The van der Waals surface area contributed by atoms with Crippen LogP contribution in [0.4, 0.5) is 0 Å². The van der Waals surface area contributed by atoms with Crippen LogP contribution in [0, 0.1) is 5.92 Å². The number of Topliss-reactive ketones (excluding diaryl/α,β-unsaturated/α-hetero) is 1. The molecule has 0 aromatic carbocycles. The van der Waals surface area contributed by atoms with Gasteiger partial charge in [-0.25, -0.2) is 0 Å². The highest BCUT2D eigenvalue weighted by molar-refractivity contribution is 5.96. The van der Waals surface area contributed by atoms with Crippen molar-refractivity contribution in [1.82, 2.24) is 4.98 Å². The van der Waals surface area contributed by atoms with Gasteiger partial charge in [0.15, 0.2) is 5.78 Å². The summed E-state index contributed by atoms with van der Waals surface area (Å²) in [4.78, 5) is 16.6. The molecule has 1 aliphatic heterocycles. The minimum Gasteiger partial charge on any atom is -0.375 e. The predicted molar refractivity (Wildman–Crippen MR) is 68.4 cm³/mol. The van der Waals surface area contributed by atoms with Gasteiger partial charge >= 0.3 is 0 Å². The maximum Gasteiger partial charge on any atom is 0.184 e. The fraction of sp³-hybridized carbons (Fsp3) is 0.600. The molecule has 2 aliphatic rings. The van der Waals surface area contributed by atoms with Gasteiger partial charge in [0.2, 0.25) is 0 Å². The van der Waals surface area contributed by atoms with E-state index >= 15 is 0 Å². The van der Waals surface area contributed by atoms with E-state index in [1.165, 1.54) is 12.8 Å². The van der Waals surface area contributed by atoms with Crippen molar-refractivity contribution >= 4 is 5.78 Å². The summed E-state index contributed by atoms with van der Waals surface area (Å²) in [6.07, 6.45) is 8.16. The molecular formula is C15H19NO2. The second kappa shape index (κ2) is 4.81. The van der Waals surface area contributed by atoms with Gasteiger partial charge in [-0.15, -0.1) is 0 Å². The minimum atomic E-state index is 0.00730. The summed E-state index contributed by atoms with van der Waals surface area (Å²) in [6.45, 7) is 0.725. The smallest absolute Gasteiger partial charge is 0.184 e.